The largest absolute Gasteiger partial charge is 0.375 e. The Kier molecular flexibility index (Phi) is 6.15. The van der Waals surface area contributed by atoms with Crippen molar-refractivity contribution in [3.8, 4) is 16.5 Å². The Morgan fingerprint density at radius 3 is 2.50 bits per heavy atom. The summed E-state index contributed by atoms with van der Waals surface area (Å²) in [6.45, 7) is 1.02. The lowest BCUT2D eigenvalue weighted by atomic mass is 9.73. The maximum atomic E-state index is 13.3. The van der Waals surface area contributed by atoms with E-state index in [9.17, 15) is 18.5 Å². The second-order valence-corrected chi connectivity index (χ2v) is 13.3. The first-order valence-corrected chi connectivity index (χ1v) is 14.7. The van der Waals surface area contributed by atoms with Crippen molar-refractivity contribution in [3.05, 3.63) is 30.0 Å². The number of anilines is 2. The molecule has 7 nitrogen and oxygen atoms in total. The molecule has 5 rings (SSSR count). The molecule has 1 aromatic carbocycles. The van der Waals surface area contributed by atoms with Crippen LogP contribution in [0.5, 0.6) is 0 Å². The Hall–Kier alpha value is -2.44. The van der Waals surface area contributed by atoms with E-state index in [1.165, 1.54) is 11.3 Å². The summed E-state index contributed by atoms with van der Waals surface area (Å²) in [6.07, 6.45) is 5.87. The van der Waals surface area contributed by atoms with Crippen LogP contribution in [0, 0.1) is 22.7 Å². The summed E-state index contributed by atoms with van der Waals surface area (Å²) in [6, 6.07) is 10.5. The van der Waals surface area contributed by atoms with Crippen LogP contribution in [0.25, 0.3) is 10.4 Å². The Labute approximate surface area is 204 Å². The van der Waals surface area contributed by atoms with Gasteiger partial charge in [0.1, 0.15) is 5.78 Å². The quantitative estimate of drug-likeness (QED) is 0.635. The molecule has 180 valence electrons. The maximum absolute atomic E-state index is 13.3. The smallest absolute Gasteiger partial charge is 0.180 e. The molecule has 2 N–H and O–H groups in total. The highest BCUT2D eigenvalue weighted by atomic mass is 32.2. The molecule has 9 heteroatoms. The molecule has 3 fully saturated rings. The fraction of sp³-hybridized carbons (Fsp3) is 0.560. The van der Waals surface area contributed by atoms with Crippen LogP contribution in [-0.2, 0) is 14.6 Å². The SMILES string of the molecule is N#CC1(CC(=O)[C@@H]2CCCC[C@H]2c2nc(N)sc2-c2ccc(N3CCS(=O)(=O)CC3)cc2)CC1. The standard InChI is InChI=1S/C25H30N4O3S2/c26-16-25(9-10-25)15-21(30)19-3-1-2-4-20(19)22-23(33-24(27)28-22)17-5-7-18(8-6-17)29-11-13-34(31,32)14-12-29/h5-8,19-20H,1-4,9-15H2,(H2,27,28)/t19-,20-/m1/s1. The number of ketones is 1. The fourth-order valence-corrected chi connectivity index (χ4v) is 7.50. The van der Waals surface area contributed by atoms with Crippen LogP contribution in [0.1, 0.15) is 56.6 Å². The number of aromatic nitrogens is 1. The van der Waals surface area contributed by atoms with Crippen molar-refractivity contribution in [2.24, 2.45) is 11.3 Å². The summed E-state index contributed by atoms with van der Waals surface area (Å²) >= 11 is 1.46. The van der Waals surface area contributed by atoms with E-state index in [1.54, 1.807) is 0 Å². The summed E-state index contributed by atoms with van der Waals surface area (Å²) in [5.41, 5.74) is 8.68. The van der Waals surface area contributed by atoms with Crippen LogP contribution >= 0.6 is 11.3 Å². The zero-order valence-corrected chi connectivity index (χ0v) is 20.8. The van der Waals surface area contributed by atoms with E-state index in [-0.39, 0.29) is 29.1 Å². The monoisotopic (exact) mass is 498 g/mol. The van der Waals surface area contributed by atoms with E-state index < -0.39 is 15.3 Å². The summed E-state index contributed by atoms with van der Waals surface area (Å²) in [7, 11) is -2.92. The molecular weight excluding hydrogens is 468 g/mol. The molecule has 3 aliphatic rings. The highest BCUT2D eigenvalue weighted by Crippen LogP contribution is 2.51. The van der Waals surface area contributed by atoms with Crippen LogP contribution in [-0.4, -0.2) is 43.8 Å². The molecule has 0 amide bonds. The molecule has 34 heavy (non-hydrogen) atoms. The second-order valence-electron chi connectivity index (χ2n) is 9.98. The molecular formula is C25H30N4O3S2. The van der Waals surface area contributed by atoms with E-state index in [1.807, 2.05) is 24.3 Å². The molecule has 2 atom stereocenters. The average molecular weight is 499 g/mol. The second kappa shape index (κ2) is 8.97. The van der Waals surface area contributed by atoms with Gasteiger partial charge in [0.15, 0.2) is 15.0 Å². The van der Waals surface area contributed by atoms with Gasteiger partial charge < -0.3 is 10.6 Å². The highest BCUT2D eigenvalue weighted by molar-refractivity contribution is 7.91. The van der Waals surface area contributed by atoms with Gasteiger partial charge in [0.25, 0.3) is 0 Å². The van der Waals surface area contributed by atoms with Gasteiger partial charge in [-0.2, -0.15) is 5.26 Å². The van der Waals surface area contributed by atoms with Crippen LogP contribution in [0.3, 0.4) is 0 Å². The minimum Gasteiger partial charge on any atom is -0.375 e. The van der Waals surface area contributed by atoms with Crippen molar-refractivity contribution >= 4 is 37.8 Å². The highest BCUT2D eigenvalue weighted by Gasteiger charge is 2.47. The normalized spacial score (nSPS) is 25.4. The van der Waals surface area contributed by atoms with E-state index in [0.717, 1.165) is 60.3 Å². The predicted molar refractivity (Wildman–Crippen MR) is 134 cm³/mol. The molecule has 0 unspecified atom stereocenters. The number of carbonyl (C=O) groups is 1. The number of hydrogen-bond donors (Lipinski definition) is 1. The van der Waals surface area contributed by atoms with E-state index in [4.69, 9.17) is 10.7 Å². The van der Waals surface area contributed by atoms with Gasteiger partial charge in [0, 0.05) is 37.0 Å². The molecule has 0 radical (unpaired) electrons. The lowest BCUT2D eigenvalue weighted by Gasteiger charge is -2.31. The molecule has 0 bridgehead atoms. The van der Waals surface area contributed by atoms with Crippen molar-refractivity contribution in [2.75, 3.05) is 35.2 Å². The number of nitrogens with zero attached hydrogens (tertiary/aromatic N) is 3. The third-order valence-corrected chi connectivity index (χ3v) is 10.2. The molecule has 1 saturated heterocycles. The van der Waals surface area contributed by atoms with Crippen LogP contribution in [0.4, 0.5) is 10.8 Å². The molecule has 2 heterocycles. The fourth-order valence-electron chi connectivity index (χ4n) is 5.39. The van der Waals surface area contributed by atoms with Gasteiger partial charge in [-0.1, -0.05) is 36.3 Å². The minimum absolute atomic E-state index is 0.0336. The number of benzene rings is 1. The Bertz CT molecular complexity index is 1210. The third kappa shape index (κ3) is 4.71. The predicted octanol–water partition coefficient (Wildman–Crippen LogP) is 4.16. The summed E-state index contributed by atoms with van der Waals surface area (Å²) in [4.78, 5) is 21.1. The zero-order chi connectivity index (χ0) is 23.9. The molecule has 2 saturated carbocycles. The number of rotatable bonds is 6. The number of hydrogen-bond acceptors (Lipinski definition) is 8. The zero-order valence-electron chi connectivity index (χ0n) is 19.2. The number of carbonyl (C=O) groups excluding carboxylic acids is 1. The molecule has 1 aromatic heterocycles. The number of sulfone groups is 1. The Balaban J connectivity index is 1.38. The molecule has 2 aliphatic carbocycles. The van der Waals surface area contributed by atoms with Crippen molar-refractivity contribution in [2.45, 2.75) is 50.9 Å². The van der Waals surface area contributed by atoms with Gasteiger partial charge in [-0.15, -0.1) is 0 Å². The van der Waals surface area contributed by atoms with Gasteiger partial charge in [-0.05, 0) is 43.4 Å². The van der Waals surface area contributed by atoms with E-state index >= 15 is 0 Å². The van der Waals surface area contributed by atoms with Gasteiger partial charge in [0.05, 0.1) is 33.6 Å². The van der Waals surface area contributed by atoms with Gasteiger partial charge in [-0.3, -0.25) is 4.79 Å². The third-order valence-electron chi connectivity index (χ3n) is 7.64. The van der Waals surface area contributed by atoms with Gasteiger partial charge in [0.2, 0.25) is 0 Å². The number of thiazole rings is 1. The van der Waals surface area contributed by atoms with E-state index in [0.29, 0.717) is 24.6 Å². The number of nitrogen functional groups attached to an aromatic ring is 1. The number of Topliss-reactive ketones (excluding diaryl/α,β-unsaturated/α-hetero) is 1. The van der Waals surface area contributed by atoms with Crippen LogP contribution < -0.4 is 10.6 Å². The van der Waals surface area contributed by atoms with Crippen LogP contribution in [0.15, 0.2) is 24.3 Å². The van der Waals surface area contributed by atoms with Crippen molar-refractivity contribution < 1.29 is 13.2 Å². The lowest BCUT2D eigenvalue weighted by molar-refractivity contribution is -0.125. The van der Waals surface area contributed by atoms with Crippen molar-refractivity contribution in [1.82, 2.24) is 4.98 Å². The topological polar surface area (TPSA) is 117 Å². The average Bonchev–Trinajstić information content (AvgIpc) is 3.50. The van der Waals surface area contributed by atoms with Gasteiger partial charge in [-0.25, -0.2) is 13.4 Å². The molecule has 2 aromatic rings. The lowest BCUT2D eigenvalue weighted by Crippen LogP contribution is -2.40. The molecule has 1 aliphatic heterocycles. The summed E-state index contributed by atoms with van der Waals surface area (Å²) < 4.78 is 23.5. The number of nitriles is 1. The first-order chi connectivity index (χ1) is 16.3. The first-order valence-electron chi connectivity index (χ1n) is 12.1. The maximum Gasteiger partial charge on any atom is 0.180 e. The molecule has 0 spiro atoms. The van der Waals surface area contributed by atoms with Crippen LogP contribution in [0.2, 0.25) is 0 Å². The minimum atomic E-state index is -2.92. The van der Waals surface area contributed by atoms with E-state index in [2.05, 4.69) is 11.0 Å². The Morgan fingerprint density at radius 1 is 1.18 bits per heavy atom. The number of nitrogens with two attached hydrogens (primary N) is 1. The summed E-state index contributed by atoms with van der Waals surface area (Å²) in [5, 5.41) is 9.96. The van der Waals surface area contributed by atoms with Crippen molar-refractivity contribution in [1.29, 1.82) is 5.26 Å². The summed E-state index contributed by atoms with van der Waals surface area (Å²) in [5.74, 6) is 0.514. The van der Waals surface area contributed by atoms with Gasteiger partial charge >= 0.3 is 0 Å². The first kappa shape index (κ1) is 23.3. The van der Waals surface area contributed by atoms with Crippen molar-refractivity contribution in [3.63, 3.8) is 0 Å². The Morgan fingerprint density at radius 2 is 1.85 bits per heavy atom.